The van der Waals surface area contributed by atoms with E-state index in [9.17, 15) is 18.0 Å². The summed E-state index contributed by atoms with van der Waals surface area (Å²) in [6.45, 7) is 0. The first-order valence-corrected chi connectivity index (χ1v) is 8.59. The van der Waals surface area contributed by atoms with E-state index in [0.29, 0.717) is 20.4 Å². The second-order valence-electron chi connectivity index (χ2n) is 4.94. The minimum absolute atomic E-state index is 0.236. The zero-order chi connectivity index (χ0) is 18.2. The molecule has 130 valence electrons. The lowest BCUT2D eigenvalue weighted by Crippen LogP contribution is -2.06. The van der Waals surface area contributed by atoms with Crippen molar-refractivity contribution in [3.63, 3.8) is 0 Å². The highest BCUT2D eigenvalue weighted by atomic mass is 79.9. The quantitative estimate of drug-likeness (QED) is 0.620. The van der Waals surface area contributed by atoms with Gasteiger partial charge in [0.05, 0.1) is 16.8 Å². The number of hydrogen-bond donors (Lipinski definition) is 1. The van der Waals surface area contributed by atoms with E-state index in [2.05, 4.69) is 25.9 Å². The molecule has 0 unspecified atom stereocenters. The van der Waals surface area contributed by atoms with Crippen molar-refractivity contribution in [1.82, 2.24) is 14.5 Å². The molecule has 0 saturated heterocycles. The Labute approximate surface area is 152 Å². The van der Waals surface area contributed by atoms with Gasteiger partial charge in [-0.25, -0.2) is 9.97 Å². The van der Waals surface area contributed by atoms with Crippen molar-refractivity contribution in [3.05, 3.63) is 46.8 Å². The van der Waals surface area contributed by atoms with Crippen LogP contribution < -0.4 is 0 Å². The lowest BCUT2D eigenvalue weighted by atomic mass is 10.1. The van der Waals surface area contributed by atoms with Crippen LogP contribution in [0.15, 0.2) is 46.3 Å². The van der Waals surface area contributed by atoms with Gasteiger partial charge < -0.3 is 5.11 Å². The smallest absolute Gasteiger partial charge is 0.416 e. The number of carboxylic acid groups (broad SMARTS) is 1. The first kappa shape index (κ1) is 17.7. The van der Waals surface area contributed by atoms with Gasteiger partial charge in [-0.2, -0.15) is 13.2 Å². The van der Waals surface area contributed by atoms with Crippen molar-refractivity contribution in [3.8, 4) is 5.82 Å². The molecule has 0 amide bonds. The Hall–Kier alpha value is -2.07. The fraction of sp³-hybridized carbons (Fsp3) is 0.133. The van der Waals surface area contributed by atoms with Gasteiger partial charge in [0.1, 0.15) is 5.03 Å². The average molecular weight is 432 g/mol. The summed E-state index contributed by atoms with van der Waals surface area (Å²) < 4.78 is 41.1. The van der Waals surface area contributed by atoms with Crippen LogP contribution in [0.3, 0.4) is 0 Å². The van der Waals surface area contributed by atoms with E-state index < -0.39 is 17.7 Å². The normalized spacial score (nSPS) is 11.8. The molecular weight excluding hydrogens is 423 g/mol. The molecule has 0 aliphatic carbocycles. The minimum atomic E-state index is -4.47. The maximum absolute atomic E-state index is 13.0. The van der Waals surface area contributed by atoms with Crippen molar-refractivity contribution in [2.75, 3.05) is 5.75 Å². The maximum atomic E-state index is 13.0. The van der Waals surface area contributed by atoms with E-state index in [1.807, 2.05) is 0 Å². The molecule has 0 aliphatic rings. The Bertz CT molecular complexity index is 959. The summed E-state index contributed by atoms with van der Waals surface area (Å²) in [4.78, 5) is 19.0. The van der Waals surface area contributed by atoms with Crippen LogP contribution in [0.5, 0.6) is 0 Å². The third-order valence-electron chi connectivity index (χ3n) is 3.29. The van der Waals surface area contributed by atoms with Gasteiger partial charge in [-0.1, -0.05) is 17.8 Å². The van der Waals surface area contributed by atoms with Gasteiger partial charge in [-0.3, -0.25) is 9.36 Å². The van der Waals surface area contributed by atoms with Crippen LogP contribution in [0.4, 0.5) is 13.2 Å². The third-order valence-corrected chi connectivity index (χ3v) is 4.88. The molecular formula is C15H9BrF3N3O2S. The molecule has 1 aromatic carbocycles. The van der Waals surface area contributed by atoms with Gasteiger partial charge in [-0.15, -0.1) is 0 Å². The molecule has 2 heterocycles. The summed E-state index contributed by atoms with van der Waals surface area (Å²) in [5.41, 5.74) is -0.491. The van der Waals surface area contributed by atoms with Crippen LogP contribution in [0.1, 0.15) is 5.56 Å². The van der Waals surface area contributed by atoms with E-state index in [1.54, 1.807) is 6.20 Å². The summed E-state index contributed by atoms with van der Waals surface area (Å²) in [7, 11) is 0. The minimum Gasteiger partial charge on any atom is -0.481 e. The largest absolute Gasteiger partial charge is 0.481 e. The molecule has 10 heteroatoms. The molecule has 1 N–H and O–H groups in total. The number of aromatic nitrogens is 3. The van der Waals surface area contributed by atoms with Crippen molar-refractivity contribution in [1.29, 1.82) is 0 Å². The van der Waals surface area contributed by atoms with Crippen LogP contribution in [0.25, 0.3) is 16.7 Å². The number of carboxylic acids is 1. The predicted octanol–water partition coefficient (Wildman–Crippen LogP) is 4.38. The summed E-state index contributed by atoms with van der Waals surface area (Å²) in [5, 5.41) is 9.72. The Morgan fingerprint density at radius 3 is 2.68 bits per heavy atom. The second-order valence-corrected chi connectivity index (χ2v) is 6.76. The molecule has 0 bridgehead atoms. The van der Waals surface area contributed by atoms with Crippen molar-refractivity contribution < 1.29 is 23.1 Å². The Kier molecular flexibility index (Phi) is 4.74. The summed E-state index contributed by atoms with van der Waals surface area (Å²) >= 11 is 4.27. The molecule has 5 nitrogen and oxygen atoms in total. The van der Waals surface area contributed by atoms with Gasteiger partial charge in [0.15, 0.2) is 5.82 Å². The number of benzene rings is 1. The molecule has 0 radical (unpaired) electrons. The Balaban J connectivity index is 2.17. The highest BCUT2D eigenvalue weighted by Gasteiger charge is 2.31. The number of halogens is 4. The maximum Gasteiger partial charge on any atom is 0.416 e. The van der Waals surface area contributed by atoms with Crippen LogP contribution in [-0.2, 0) is 11.0 Å². The number of rotatable bonds is 4. The second kappa shape index (κ2) is 6.68. The molecule has 3 rings (SSSR count). The van der Waals surface area contributed by atoms with Gasteiger partial charge in [0, 0.05) is 28.4 Å². The third kappa shape index (κ3) is 3.64. The average Bonchev–Trinajstić information content (AvgIpc) is 2.89. The molecule has 2 aromatic heterocycles. The number of carbonyl (C=O) groups is 1. The van der Waals surface area contributed by atoms with Gasteiger partial charge >= 0.3 is 12.1 Å². The summed E-state index contributed by atoms with van der Waals surface area (Å²) in [6, 6.07) is 3.41. The zero-order valence-electron chi connectivity index (χ0n) is 12.3. The fourth-order valence-corrected chi connectivity index (χ4v) is 3.47. The van der Waals surface area contributed by atoms with E-state index >= 15 is 0 Å². The molecule has 0 spiro atoms. The number of nitrogens with zero attached hydrogens (tertiary/aromatic N) is 3. The van der Waals surface area contributed by atoms with Gasteiger partial charge in [-0.05, 0) is 28.1 Å². The number of thioether (sulfide) groups is 1. The SMILES string of the molecule is O=C(O)CSc1nccnc1-n1cc(Br)c2ccc(C(F)(F)F)cc21. The molecule has 0 fully saturated rings. The number of hydrogen-bond acceptors (Lipinski definition) is 4. The Morgan fingerprint density at radius 2 is 2.00 bits per heavy atom. The van der Waals surface area contributed by atoms with Crippen molar-refractivity contribution >= 4 is 44.6 Å². The lowest BCUT2D eigenvalue weighted by molar-refractivity contribution is -0.137. The molecule has 0 aliphatic heterocycles. The topological polar surface area (TPSA) is 68.0 Å². The molecule has 25 heavy (non-hydrogen) atoms. The number of aliphatic carboxylic acids is 1. The summed E-state index contributed by atoms with van der Waals surface area (Å²) in [5.74, 6) is -0.997. The van der Waals surface area contributed by atoms with E-state index in [0.717, 1.165) is 23.9 Å². The van der Waals surface area contributed by atoms with Crippen LogP contribution in [-0.4, -0.2) is 31.4 Å². The monoisotopic (exact) mass is 431 g/mol. The van der Waals surface area contributed by atoms with Crippen LogP contribution >= 0.6 is 27.7 Å². The Morgan fingerprint density at radius 1 is 1.28 bits per heavy atom. The van der Waals surface area contributed by atoms with Gasteiger partial charge in [0.25, 0.3) is 0 Å². The van der Waals surface area contributed by atoms with E-state index in [1.165, 1.54) is 23.0 Å². The van der Waals surface area contributed by atoms with Crippen molar-refractivity contribution in [2.24, 2.45) is 0 Å². The standard InChI is InChI=1S/C15H9BrF3N3O2S/c16-10-6-22(11-5-8(15(17,18)19)1-2-9(10)11)13-14(21-4-3-20-13)25-7-12(23)24/h1-6H,7H2,(H,23,24). The van der Waals surface area contributed by atoms with E-state index in [4.69, 9.17) is 5.11 Å². The van der Waals surface area contributed by atoms with E-state index in [-0.39, 0.29) is 11.6 Å². The van der Waals surface area contributed by atoms with Crippen LogP contribution in [0, 0.1) is 0 Å². The number of alkyl halides is 3. The highest BCUT2D eigenvalue weighted by Crippen LogP contribution is 2.36. The highest BCUT2D eigenvalue weighted by molar-refractivity contribution is 9.10. The molecule has 0 saturated carbocycles. The zero-order valence-corrected chi connectivity index (χ0v) is 14.7. The van der Waals surface area contributed by atoms with Gasteiger partial charge in [0.2, 0.25) is 0 Å². The summed E-state index contributed by atoms with van der Waals surface area (Å²) in [6.07, 6.45) is -0.0955. The molecule has 3 aromatic rings. The predicted molar refractivity (Wildman–Crippen MR) is 89.9 cm³/mol. The number of fused-ring (bicyclic) bond motifs is 1. The first-order valence-electron chi connectivity index (χ1n) is 6.81. The van der Waals surface area contributed by atoms with Crippen LogP contribution in [0.2, 0.25) is 0 Å². The van der Waals surface area contributed by atoms with Crippen molar-refractivity contribution in [2.45, 2.75) is 11.2 Å². The lowest BCUT2D eigenvalue weighted by Gasteiger charge is -2.10. The molecule has 0 atom stereocenters. The fourth-order valence-electron chi connectivity index (χ4n) is 2.25. The first-order chi connectivity index (χ1) is 11.8.